The molecule has 0 aliphatic carbocycles. The average molecular weight is 454 g/mol. The summed E-state index contributed by atoms with van der Waals surface area (Å²) in [6.45, 7) is 1.14. The lowest BCUT2D eigenvalue weighted by Gasteiger charge is -2.29. The van der Waals surface area contributed by atoms with Crippen molar-refractivity contribution in [2.24, 2.45) is 0 Å². The van der Waals surface area contributed by atoms with Gasteiger partial charge in [0, 0.05) is 30.8 Å². The zero-order chi connectivity index (χ0) is 23.7. The van der Waals surface area contributed by atoms with E-state index in [1.807, 2.05) is 47.4 Å². The molecule has 0 radical (unpaired) electrons. The molecule has 8 nitrogen and oxygen atoms in total. The minimum Gasteiger partial charge on any atom is -0.497 e. The van der Waals surface area contributed by atoms with Crippen LogP contribution < -0.4 is 4.74 Å². The van der Waals surface area contributed by atoms with Gasteiger partial charge < -0.3 is 9.64 Å². The Balaban J connectivity index is 1.54. The van der Waals surface area contributed by atoms with Crippen LogP contribution in [0.4, 0.5) is 5.69 Å². The van der Waals surface area contributed by atoms with Crippen molar-refractivity contribution in [2.45, 2.75) is 13.0 Å². The molecule has 170 valence electrons. The first-order valence-corrected chi connectivity index (χ1v) is 10.9. The number of rotatable bonds is 5. The van der Waals surface area contributed by atoms with Gasteiger partial charge in [-0.3, -0.25) is 14.9 Å². The van der Waals surface area contributed by atoms with Crippen LogP contribution in [0.1, 0.15) is 21.6 Å². The number of carbonyl (C=O) groups is 1. The highest BCUT2D eigenvalue weighted by Gasteiger charge is 2.26. The third kappa shape index (κ3) is 4.01. The fraction of sp³-hybridized carbons (Fsp3) is 0.154. The maximum Gasteiger partial charge on any atom is 0.272 e. The highest BCUT2D eigenvalue weighted by molar-refractivity contribution is 5.94. The molecule has 3 aromatic carbocycles. The SMILES string of the molecule is COc1ccc(-c2cc(C(=O)N3CCc4ccccc4C3)n(-c3ccc([N+](=O)[O-])cc3)n2)cc1. The lowest BCUT2D eigenvalue weighted by Crippen LogP contribution is -2.37. The van der Waals surface area contributed by atoms with Gasteiger partial charge in [0.25, 0.3) is 11.6 Å². The van der Waals surface area contributed by atoms with Gasteiger partial charge in [-0.25, -0.2) is 4.68 Å². The number of aromatic nitrogens is 2. The zero-order valence-electron chi connectivity index (χ0n) is 18.5. The molecule has 34 heavy (non-hydrogen) atoms. The Bertz CT molecular complexity index is 1360. The Morgan fingerprint density at radius 1 is 1.00 bits per heavy atom. The molecule has 0 fully saturated rings. The number of carbonyl (C=O) groups excluding carboxylic acids is 1. The molecule has 1 aromatic heterocycles. The van der Waals surface area contributed by atoms with E-state index in [0.717, 1.165) is 23.3 Å². The second-order valence-electron chi connectivity index (χ2n) is 8.07. The third-order valence-corrected chi connectivity index (χ3v) is 6.04. The number of ether oxygens (including phenoxy) is 1. The van der Waals surface area contributed by atoms with Crippen molar-refractivity contribution in [3.63, 3.8) is 0 Å². The fourth-order valence-electron chi connectivity index (χ4n) is 4.18. The number of benzene rings is 3. The quantitative estimate of drug-likeness (QED) is 0.323. The topological polar surface area (TPSA) is 90.5 Å². The van der Waals surface area contributed by atoms with E-state index in [1.54, 1.807) is 30.0 Å². The van der Waals surface area contributed by atoms with Crippen molar-refractivity contribution in [1.29, 1.82) is 0 Å². The van der Waals surface area contributed by atoms with Crippen LogP contribution in [0.15, 0.2) is 78.9 Å². The number of nitro benzene ring substituents is 1. The first kappa shape index (κ1) is 21.4. The van der Waals surface area contributed by atoms with E-state index in [9.17, 15) is 14.9 Å². The second kappa shape index (κ2) is 8.82. The molecule has 2 heterocycles. The van der Waals surface area contributed by atoms with Crippen LogP contribution in [0.25, 0.3) is 16.9 Å². The van der Waals surface area contributed by atoms with Crippen LogP contribution in [0.2, 0.25) is 0 Å². The Hall–Kier alpha value is -4.46. The summed E-state index contributed by atoms with van der Waals surface area (Å²) < 4.78 is 6.80. The summed E-state index contributed by atoms with van der Waals surface area (Å²) in [5.41, 5.74) is 4.81. The van der Waals surface area contributed by atoms with Gasteiger partial charge in [0.05, 0.1) is 23.4 Å². The summed E-state index contributed by atoms with van der Waals surface area (Å²) in [6, 6.07) is 23.4. The van der Waals surface area contributed by atoms with Gasteiger partial charge in [-0.1, -0.05) is 24.3 Å². The number of fused-ring (bicyclic) bond motifs is 1. The molecule has 4 aromatic rings. The molecule has 1 amide bonds. The van der Waals surface area contributed by atoms with Crippen LogP contribution in [-0.2, 0) is 13.0 Å². The Kier molecular flexibility index (Phi) is 5.55. The molecule has 8 heteroatoms. The number of non-ortho nitro benzene ring substituents is 1. The molecule has 5 rings (SSSR count). The van der Waals surface area contributed by atoms with Crippen LogP contribution in [0.3, 0.4) is 0 Å². The fourth-order valence-corrected chi connectivity index (χ4v) is 4.18. The van der Waals surface area contributed by atoms with Gasteiger partial charge >= 0.3 is 0 Å². The number of nitro groups is 1. The highest BCUT2D eigenvalue weighted by atomic mass is 16.6. The van der Waals surface area contributed by atoms with E-state index >= 15 is 0 Å². The van der Waals surface area contributed by atoms with E-state index in [0.29, 0.717) is 30.2 Å². The third-order valence-electron chi connectivity index (χ3n) is 6.04. The molecule has 0 spiro atoms. The highest BCUT2D eigenvalue weighted by Crippen LogP contribution is 2.27. The smallest absolute Gasteiger partial charge is 0.272 e. The van der Waals surface area contributed by atoms with Gasteiger partial charge in [-0.2, -0.15) is 5.10 Å². The van der Waals surface area contributed by atoms with E-state index in [-0.39, 0.29) is 11.6 Å². The zero-order valence-corrected chi connectivity index (χ0v) is 18.5. The predicted molar refractivity (Wildman–Crippen MR) is 127 cm³/mol. The van der Waals surface area contributed by atoms with Crippen LogP contribution in [-0.4, -0.2) is 39.2 Å². The Labute approximate surface area is 196 Å². The molecular formula is C26H22N4O4. The molecule has 0 saturated heterocycles. The summed E-state index contributed by atoms with van der Waals surface area (Å²) in [4.78, 5) is 26.1. The lowest BCUT2D eigenvalue weighted by atomic mass is 9.99. The first-order chi connectivity index (χ1) is 16.5. The molecule has 0 bridgehead atoms. The molecule has 0 atom stereocenters. The van der Waals surface area contributed by atoms with Crippen LogP contribution in [0, 0.1) is 10.1 Å². The van der Waals surface area contributed by atoms with E-state index in [4.69, 9.17) is 9.84 Å². The van der Waals surface area contributed by atoms with Gasteiger partial charge in [0.2, 0.25) is 0 Å². The van der Waals surface area contributed by atoms with Gasteiger partial charge in [-0.05, 0) is 60.0 Å². The summed E-state index contributed by atoms with van der Waals surface area (Å²) in [6.07, 6.45) is 0.791. The van der Waals surface area contributed by atoms with Gasteiger partial charge in [0.1, 0.15) is 11.4 Å². The number of hydrogen-bond acceptors (Lipinski definition) is 5. The van der Waals surface area contributed by atoms with E-state index < -0.39 is 4.92 Å². The Morgan fingerprint density at radius 3 is 2.38 bits per heavy atom. The molecule has 0 saturated carbocycles. The van der Waals surface area contributed by atoms with Crippen molar-refractivity contribution in [3.05, 3.63) is 106 Å². The number of amides is 1. The summed E-state index contributed by atoms with van der Waals surface area (Å²) in [7, 11) is 1.60. The van der Waals surface area contributed by atoms with Gasteiger partial charge in [-0.15, -0.1) is 0 Å². The maximum absolute atomic E-state index is 13.7. The molecule has 1 aliphatic heterocycles. The van der Waals surface area contributed by atoms with E-state index in [1.165, 1.54) is 17.7 Å². The molecular weight excluding hydrogens is 432 g/mol. The Morgan fingerprint density at radius 2 is 1.71 bits per heavy atom. The van der Waals surface area contributed by atoms with Crippen LogP contribution >= 0.6 is 0 Å². The molecule has 0 N–H and O–H groups in total. The van der Waals surface area contributed by atoms with Crippen LogP contribution in [0.5, 0.6) is 5.75 Å². The second-order valence-corrected chi connectivity index (χ2v) is 8.07. The largest absolute Gasteiger partial charge is 0.497 e. The maximum atomic E-state index is 13.7. The van der Waals surface area contributed by atoms with Crippen molar-refractivity contribution < 1.29 is 14.5 Å². The minimum atomic E-state index is -0.451. The van der Waals surface area contributed by atoms with E-state index in [2.05, 4.69) is 6.07 Å². The lowest BCUT2D eigenvalue weighted by molar-refractivity contribution is -0.384. The molecule has 0 unspecified atom stereocenters. The number of hydrogen-bond donors (Lipinski definition) is 0. The normalized spacial score (nSPS) is 12.8. The minimum absolute atomic E-state index is 0.0215. The summed E-state index contributed by atoms with van der Waals surface area (Å²) >= 11 is 0. The molecule has 1 aliphatic rings. The first-order valence-electron chi connectivity index (χ1n) is 10.9. The van der Waals surface area contributed by atoms with Crippen molar-refractivity contribution >= 4 is 11.6 Å². The number of methoxy groups -OCH3 is 1. The van der Waals surface area contributed by atoms with Crippen molar-refractivity contribution in [2.75, 3.05) is 13.7 Å². The number of nitrogens with zero attached hydrogens (tertiary/aromatic N) is 4. The average Bonchev–Trinajstić information content (AvgIpc) is 3.33. The summed E-state index contributed by atoms with van der Waals surface area (Å²) in [5, 5.41) is 15.8. The summed E-state index contributed by atoms with van der Waals surface area (Å²) in [5.74, 6) is 0.585. The van der Waals surface area contributed by atoms with Crippen molar-refractivity contribution in [1.82, 2.24) is 14.7 Å². The standard InChI is InChI=1S/C26H22N4O4/c1-34-23-12-6-19(7-13-23)24-16-25(29(27-24)21-8-10-22(11-9-21)30(32)33)26(31)28-15-14-18-4-2-3-5-20(18)17-28/h2-13,16H,14-15,17H2,1H3. The van der Waals surface area contributed by atoms with Gasteiger partial charge in [0.15, 0.2) is 0 Å². The predicted octanol–water partition coefficient (Wildman–Crippen LogP) is 4.65. The monoisotopic (exact) mass is 454 g/mol. The van der Waals surface area contributed by atoms with Crippen molar-refractivity contribution in [3.8, 4) is 22.7 Å².